The average Bonchev–Trinajstić information content (AvgIpc) is 3.44. The molecule has 0 radical (unpaired) electrons. The summed E-state index contributed by atoms with van der Waals surface area (Å²) in [6, 6.07) is 3.44. The first-order valence-electron chi connectivity index (χ1n) is 13.5. The van der Waals surface area contributed by atoms with E-state index in [1.807, 2.05) is 7.05 Å². The molecule has 1 aromatic carbocycles. The summed E-state index contributed by atoms with van der Waals surface area (Å²) in [5, 5.41) is 0. The van der Waals surface area contributed by atoms with Crippen molar-refractivity contribution >= 4 is 15.9 Å². The molecular formula is C28H47N3O5S. The van der Waals surface area contributed by atoms with Gasteiger partial charge in [0.2, 0.25) is 15.9 Å². The van der Waals surface area contributed by atoms with Gasteiger partial charge in [-0.2, -0.15) is 4.31 Å². The Kier molecular flexibility index (Phi) is 10.1. The SMILES string of the molecule is COc1cc(C)c(S(=O)(=O)N(C)CCOCC(=O)N(C)C[C@H]2CCC(CN3CCCC3)C2(C)C)c(C)c1. The van der Waals surface area contributed by atoms with Crippen LogP contribution in [0.4, 0.5) is 0 Å². The maximum atomic E-state index is 13.2. The molecule has 0 bridgehead atoms. The first kappa shape index (κ1) is 29.9. The maximum absolute atomic E-state index is 13.2. The second-order valence-corrected chi connectivity index (χ2v) is 13.5. The molecule has 2 fully saturated rings. The van der Waals surface area contributed by atoms with Crippen LogP contribution in [0.3, 0.4) is 0 Å². The van der Waals surface area contributed by atoms with Crippen LogP contribution >= 0.6 is 0 Å². The van der Waals surface area contributed by atoms with E-state index in [0.29, 0.717) is 28.7 Å². The van der Waals surface area contributed by atoms with Gasteiger partial charge in [-0.1, -0.05) is 13.8 Å². The van der Waals surface area contributed by atoms with E-state index in [1.54, 1.807) is 38.0 Å². The number of aryl methyl sites for hydroxylation is 2. The molecule has 0 N–H and O–H groups in total. The zero-order valence-corrected chi connectivity index (χ0v) is 24.7. The lowest BCUT2D eigenvalue weighted by Gasteiger charge is -2.37. The highest BCUT2D eigenvalue weighted by Gasteiger charge is 2.44. The molecule has 3 rings (SSSR count). The van der Waals surface area contributed by atoms with Crippen LogP contribution in [0.25, 0.3) is 0 Å². The quantitative estimate of drug-likeness (QED) is 0.380. The number of benzene rings is 1. The van der Waals surface area contributed by atoms with E-state index in [2.05, 4.69) is 18.7 Å². The van der Waals surface area contributed by atoms with Gasteiger partial charge in [0.25, 0.3) is 0 Å². The number of hydrogen-bond donors (Lipinski definition) is 0. The van der Waals surface area contributed by atoms with Gasteiger partial charge in [0, 0.05) is 33.7 Å². The number of likely N-dealkylation sites (N-methyl/N-ethyl adjacent to an activating group) is 2. The second kappa shape index (κ2) is 12.5. The highest BCUT2D eigenvalue weighted by Crippen LogP contribution is 2.48. The number of methoxy groups -OCH3 is 1. The fourth-order valence-corrected chi connectivity index (χ4v) is 7.57. The van der Waals surface area contributed by atoms with Crippen molar-refractivity contribution in [1.29, 1.82) is 0 Å². The van der Waals surface area contributed by atoms with Crippen LogP contribution in [-0.2, 0) is 19.6 Å². The molecule has 1 aliphatic carbocycles. The molecule has 1 amide bonds. The number of amides is 1. The van der Waals surface area contributed by atoms with E-state index in [4.69, 9.17) is 9.47 Å². The summed E-state index contributed by atoms with van der Waals surface area (Å²) in [6.07, 6.45) is 5.00. The van der Waals surface area contributed by atoms with Crippen molar-refractivity contribution in [3.8, 4) is 5.75 Å². The predicted octanol–water partition coefficient (Wildman–Crippen LogP) is 3.56. The van der Waals surface area contributed by atoms with Crippen molar-refractivity contribution in [1.82, 2.24) is 14.1 Å². The molecule has 2 aliphatic rings. The third-order valence-corrected chi connectivity index (χ3v) is 10.8. The third-order valence-electron chi connectivity index (χ3n) is 8.68. The number of rotatable bonds is 12. The summed E-state index contributed by atoms with van der Waals surface area (Å²) in [5.41, 5.74) is 1.48. The van der Waals surface area contributed by atoms with E-state index in [1.165, 1.54) is 50.2 Å². The first-order valence-corrected chi connectivity index (χ1v) is 15.0. The monoisotopic (exact) mass is 537 g/mol. The molecule has 1 aromatic rings. The molecule has 2 atom stereocenters. The molecule has 0 aromatic heterocycles. The number of hydrogen-bond acceptors (Lipinski definition) is 6. The van der Waals surface area contributed by atoms with Gasteiger partial charge >= 0.3 is 0 Å². The Morgan fingerprint density at radius 2 is 1.68 bits per heavy atom. The molecule has 1 saturated heterocycles. The molecule has 1 heterocycles. The summed E-state index contributed by atoms with van der Waals surface area (Å²) in [5.74, 6) is 1.71. The van der Waals surface area contributed by atoms with Gasteiger partial charge in [-0.15, -0.1) is 0 Å². The van der Waals surface area contributed by atoms with Gasteiger partial charge in [0.1, 0.15) is 12.4 Å². The first-order chi connectivity index (χ1) is 17.4. The number of ether oxygens (including phenoxy) is 2. The lowest BCUT2D eigenvalue weighted by molar-refractivity contribution is -0.135. The zero-order valence-electron chi connectivity index (χ0n) is 23.9. The van der Waals surface area contributed by atoms with Crippen molar-refractivity contribution in [2.75, 3.05) is 67.1 Å². The summed E-state index contributed by atoms with van der Waals surface area (Å²) in [7, 11) is 1.26. The van der Waals surface area contributed by atoms with E-state index >= 15 is 0 Å². The third kappa shape index (κ3) is 7.05. The van der Waals surface area contributed by atoms with Crippen LogP contribution in [0.5, 0.6) is 5.75 Å². The molecule has 8 nitrogen and oxygen atoms in total. The second-order valence-electron chi connectivity index (χ2n) is 11.5. The summed E-state index contributed by atoms with van der Waals surface area (Å²) in [6.45, 7) is 12.9. The molecule has 37 heavy (non-hydrogen) atoms. The number of sulfonamides is 1. The van der Waals surface area contributed by atoms with E-state index < -0.39 is 10.0 Å². The van der Waals surface area contributed by atoms with Crippen molar-refractivity contribution in [3.63, 3.8) is 0 Å². The van der Waals surface area contributed by atoms with Gasteiger partial charge in [0.15, 0.2) is 0 Å². The lowest BCUT2D eigenvalue weighted by atomic mass is 9.75. The van der Waals surface area contributed by atoms with Gasteiger partial charge in [-0.05, 0) is 93.1 Å². The van der Waals surface area contributed by atoms with E-state index in [9.17, 15) is 13.2 Å². The fraction of sp³-hybridized carbons (Fsp3) is 0.750. The lowest BCUT2D eigenvalue weighted by Crippen LogP contribution is -2.41. The summed E-state index contributed by atoms with van der Waals surface area (Å²) < 4.78 is 38.4. The molecule has 210 valence electrons. The standard InChI is InChI=1S/C28H47N3O5S/c1-21-16-25(35-7)17-22(2)27(21)37(33,34)30(6)14-15-36-20-26(32)29(5)18-23-10-11-24(28(23,3)4)19-31-12-8-9-13-31/h16-17,23-24H,8-15,18-20H2,1-7H3/t23-,24?/m1/s1. The fourth-order valence-electron chi connectivity index (χ4n) is 6.02. The average molecular weight is 538 g/mol. The molecule has 1 saturated carbocycles. The number of carbonyl (C=O) groups is 1. The van der Waals surface area contributed by atoms with Crippen molar-refractivity contribution < 1.29 is 22.7 Å². The van der Waals surface area contributed by atoms with Crippen molar-refractivity contribution in [3.05, 3.63) is 23.3 Å². The minimum Gasteiger partial charge on any atom is -0.497 e. The van der Waals surface area contributed by atoms with Gasteiger partial charge in [-0.3, -0.25) is 4.79 Å². The Hall–Kier alpha value is -1.68. The molecule has 0 spiro atoms. The Morgan fingerprint density at radius 3 is 2.27 bits per heavy atom. The van der Waals surface area contributed by atoms with Crippen LogP contribution in [0, 0.1) is 31.1 Å². The number of nitrogens with zero attached hydrogens (tertiary/aromatic N) is 3. The molecule has 9 heteroatoms. The Balaban J connectivity index is 1.45. The van der Waals surface area contributed by atoms with Crippen LogP contribution in [0.15, 0.2) is 17.0 Å². The predicted molar refractivity (Wildman–Crippen MR) is 146 cm³/mol. The van der Waals surface area contributed by atoms with Crippen LogP contribution in [0.1, 0.15) is 50.7 Å². The van der Waals surface area contributed by atoms with Crippen LogP contribution in [-0.4, -0.2) is 95.6 Å². The van der Waals surface area contributed by atoms with Gasteiger partial charge in [-0.25, -0.2) is 8.42 Å². The Bertz CT molecular complexity index is 1010. The number of carbonyl (C=O) groups excluding carboxylic acids is 1. The van der Waals surface area contributed by atoms with Gasteiger partial charge < -0.3 is 19.3 Å². The minimum atomic E-state index is -3.69. The largest absolute Gasteiger partial charge is 0.497 e. The Morgan fingerprint density at radius 1 is 1.08 bits per heavy atom. The Labute approximate surface area is 224 Å². The topological polar surface area (TPSA) is 79.4 Å². The van der Waals surface area contributed by atoms with Crippen LogP contribution < -0.4 is 4.74 Å². The molecule has 1 unspecified atom stereocenters. The minimum absolute atomic E-state index is 0.0463. The van der Waals surface area contributed by atoms with E-state index in [-0.39, 0.29) is 36.0 Å². The van der Waals surface area contributed by atoms with E-state index in [0.717, 1.165) is 13.0 Å². The van der Waals surface area contributed by atoms with Crippen molar-refractivity contribution in [2.45, 2.75) is 58.3 Å². The molecular weight excluding hydrogens is 490 g/mol. The normalized spacial score (nSPS) is 22.1. The zero-order chi connectivity index (χ0) is 27.4. The van der Waals surface area contributed by atoms with Gasteiger partial charge in [0.05, 0.1) is 18.6 Å². The summed E-state index contributed by atoms with van der Waals surface area (Å²) in [4.78, 5) is 17.4. The van der Waals surface area contributed by atoms with Crippen LogP contribution in [0.2, 0.25) is 0 Å². The highest BCUT2D eigenvalue weighted by molar-refractivity contribution is 7.89. The maximum Gasteiger partial charge on any atom is 0.248 e. The molecule has 1 aliphatic heterocycles. The highest BCUT2D eigenvalue weighted by atomic mass is 32.2. The summed E-state index contributed by atoms with van der Waals surface area (Å²) >= 11 is 0. The number of likely N-dealkylation sites (tertiary alicyclic amines) is 1. The smallest absolute Gasteiger partial charge is 0.248 e. The van der Waals surface area contributed by atoms with Crippen molar-refractivity contribution in [2.24, 2.45) is 17.3 Å².